The molecule has 0 aliphatic carbocycles. The maximum atomic E-state index is 9.95. The second-order valence-electron chi connectivity index (χ2n) is 5.65. The van der Waals surface area contributed by atoms with Crippen LogP contribution in [0.2, 0.25) is 0 Å². The first-order chi connectivity index (χ1) is 11.3. The molecule has 2 aromatic carbocycles. The summed E-state index contributed by atoms with van der Waals surface area (Å²) in [5.41, 5.74) is 2.01. The Morgan fingerprint density at radius 3 is 2.57 bits per heavy atom. The first-order valence-electron chi connectivity index (χ1n) is 8.07. The van der Waals surface area contributed by atoms with Crippen LogP contribution in [0, 0.1) is 0 Å². The first-order valence-corrected chi connectivity index (χ1v) is 8.07. The Labute approximate surface area is 136 Å². The fourth-order valence-corrected chi connectivity index (χ4v) is 2.73. The normalized spacial score (nSPS) is 12.4. The Kier molecular flexibility index (Phi) is 4.93. The van der Waals surface area contributed by atoms with Crippen molar-refractivity contribution in [1.29, 1.82) is 0 Å². The van der Waals surface area contributed by atoms with E-state index in [1.165, 1.54) is 0 Å². The minimum Gasteiger partial charge on any atom is -0.494 e. The molecule has 3 rings (SSSR count). The summed E-state index contributed by atoms with van der Waals surface area (Å²) in [5, 5.41) is 9.95. The molecule has 0 fully saturated rings. The highest BCUT2D eigenvalue weighted by molar-refractivity contribution is 5.75. The molecule has 0 saturated carbocycles. The molecule has 1 aromatic heterocycles. The van der Waals surface area contributed by atoms with Crippen LogP contribution in [0.15, 0.2) is 54.6 Å². The van der Waals surface area contributed by atoms with Crippen molar-refractivity contribution in [2.24, 2.45) is 0 Å². The lowest BCUT2D eigenvalue weighted by Gasteiger charge is -2.11. The molecular formula is C19H22N2O2. The molecule has 0 saturated heterocycles. The monoisotopic (exact) mass is 310 g/mol. The lowest BCUT2D eigenvalue weighted by Crippen LogP contribution is -2.08. The van der Waals surface area contributed by atoms with Crippen LogP contribution in [-0.4, -0.2) is 21.3 Å². The maximum Gasteiger partial charge on any atom is 0.138 e. The number of fused-ring (bicyclic) bond motifs is 1. The zero-order chi connectivity index (χ0) is 16.1. The van der Waals surface area contributed by atoms with Gasteiger partial charge in [-0.3, -0.25) is 0 Å². The van der Waals surface area contributed by atoms with Gasteiger partial charge in [-0.1, -0.05) is 30.3 Å². The van der Waals surface area contributed by atoms with Crippen molar-refractivity contribution in [2.75, 3.05) is 6.61 Å². The van der Waals surface area contributed by atoms with Gasteiger partial charge in [0.25, 0.3) is 0 Å². The number of ether oxygens (including phenoxy) is 1. The van der Waals surface area contributed by atoms with Crippen molar-refractivity contribution >= 4 is 11.0 Å². The second-order valence-corrected chi connectivity index (χ2v) is 5.65. The van der Waals surface area contributed by atoms with Crippen LogP contribution in [0.5, 0.6) is 5.75 Å². The number of rotatable bonds is 7. The standard InChI is InChI=1S/C19H22N2O2/c1-15(22)19-20-17-11-5-6-12-18(17)21(19)13-7-8-14-23-16-9-3-2-4-10-16/h2-6,9-12,15,22H,7-8,13-14H2,1H3/t15-/m0/s1. The lowest BCUT2D eigenvalue weighted by molar-refractivity contribution is 0.184. The molecule has 0 bridgehead atoms. The van der Waals surface area contributed by atoms with Crippen LogP contribution in [0.3, 0.4) is 0 Å². The highest BCUT2D eigenvalue weighted by atomic mass is 16.5. The van der Waals surface area contributed by atoms with E-state index in [-0.39, 0.29) is 0 Å². The van der Waals surface area contributed by atoms with Crippen molar-refractivity contribution in [3.05, 3.63) is 60.4 Å². The molecule has 0 spiro atoms. The van der Waals surface area contributed by atoms with Gasteiger partial charge in [-0.05, 0) is 44.0 Å². The Balaban J connectivity index is 1.59. The van der Waals surface area contributed by atoms with E-state index in [4.69, 9.17) is 4.74 Å². The van der Waals surface area contributed by atoms with Crippen LogP contribution in [-0.2, 0) is 6.54 Å². The van der Waals surface area contributed by atoms with E-state index in [1.807, 2.05) is 48.5 Å². The van der Waals surface area contributed by atoms with Gasteiger partial charge in [0.1, 0.15) is 17.7 Å². The third kappa shape index (κ3) is 3.71. The number of para-hydroxylation sites is 3. The number of hydrogen-bond acceptors (Lipinski definition) is 3. The Bertz CT molecular complexity index is 750. The Morgan fingerprint density at radius 2 is 1.78 bits per heavy atom. The fraction of sp³-hybridized carbons (Fsp3) is 0.316. The smallest absolute Gasteiger partial charge is 0.138 e. The van der Waals surface area contributed by atoms with E-state index >= 15 is 0 Å². The van der Waals surface area contributed by atoms with Crippen molar-refractivity contribution in [1.82, 2.24) is 9.55 Å². The van der Waals surface area contributed by atoms with E-state index in [0.29, 0.717) is 6.61 Å². The third-order valence-electron chi connectivity index (χ3n) is 3.85. The molecule has 0 radical (unpaired) electrons. The molecule has 120 valence electrons. The molecule has 4 heteroatoms. The van der Waals surface area contributed by atoms with E-state index in [0.717, 1.165) is 42.0 Å². The van der Waals surface area contributed by atoms with Gasteiger partial charge in [0.15, 0.2) is 0 Å². The van der Waals surface area contributed by atoms with E-state index in [1.54, 1.807) is 6.92 Å². The number of benzene rings is 2. The number of aryl methyl sites for hydroxylation is 1. The zero-order valence-electron chi connectivity index (χ0n) is 13.4. The lowest BCUT2D eigenvalue weighted by atomic mass is 10.2. The zero-order valence-corrected chi connectivity index (χ0v) is 13.4. The number of unbranched alkanes of at least 4 members (excludes halogenated alkanes) is 1. The number of hydrogen-bond donors (Lipinski definition) is 1. The van der Waals surface area contributed by atoms with Crippen LogP contribution in [0.1, 0.15) is 31.7 Å². The highest BCUT2D eigenvalue weighted by Gasteiger charge is 2.13. The summed E-state index contributed by atoms with van der Waals surface area (Å²) in [5.74, 6) is 1.64. The molecule has 0 unspecified atom stereocenters. The van der Waals surface area contributed by atoms with Crippen molar-refractivity contribution in [3.8, 4) is 5.75 Å². The summed E-state index contributed by atoms with van der Waals surface area (Å²) in [7, 11) is 0. The predicted octanol–water partition coefficient (Wildman–Crippen LogP) is 3.95. The molecule has 1 N–H and O–H groups in total. The van der Waals surface area contributed by atoms with Gasteiger partial charge >= 0.3 is 0 Å². The molecular weight excluding hydrogens is 288 g/mol. The predicted molar refractivity (Wildman–Crippen MR) is 91.5 cm³/mol. The minimum absolute atomic E-state index is 0.567. The summed E-state index contributed by atoms with van der Waals surface area (Å²) in [6.07, 6.45) is 1.37. The van der Waals surface area contributed by atoms with Crippen molar-refractivity contribution < 1.29 is 9.84 Å². The van der Waals surface area contributed by atoms with Crippen LogP contribution in [0.25, 0.3) is 11.0 Å². The van der Waals surface area contributed by atoms with E-state index < -0.39 is 6.10 Å². The number of nitrogens with zero attached hydrogens (tertiary/aromatic N) is 2. The van der Waals surface area contributed by atoms with Gasteiger partial charge in [-0.2, -0.15) is 0 Å². The third-order valence-corrected chi connectivity index (χ3v) is 3.85. The van der Waals surface area contributed by atoms with E-state index in [9.17, 15) is 5.11 Å². The molecule has 1 atom stereocenters. The van der Waals surface area contributed by atoms with Crippen LogP contribution < -0.4 is 4.74 Å². The molecule has 0 amide bonds. The SMILES string of the molecule is C[C@H](O)c1nc2ccccc2n1CCCCOc1ccccc1. The molecule has 1 heterocycles. The average molecular weight is 310 g/mol. The van der Waals surface area contributed by atoms with Crippen LogP contribution in [0.4, 0.5) is 0 Å². The fourth-order valence-electron chi connectivity index (χ4n) is 2.73. The summed E-state index contributed by atoms with van der Waals surface area (Å²) in [6.45, 7) is 3.29. The van der Waals surface area contributed by atoms with Gasteiger partial charge < -0.3 is 14.4 Å². The summed E-state index contributed by atoms with van der Waals surface area (Å²) in [6, 6.07) is 17.9. The largest absolute Gasteiger partial charge is 0.494 e. The van der Waals surface area contributed by atoms with Gasteiger partial charge in [0.05, 0.1) is 17.6 Å². The van der Waals surface area contributed by atoms with Gasteiger partial charge in [0.2, 0.25) is 0 Å². The Hall–Kier alpha value is -2.33. The molecule has 0 aliphatic rings. The molecule has 23 heavy (non-hydrogen) atoms. The van der Waals surface area contributed by atoms with Crippen molar-refractivity contribution in [3.63, 3.8) is 0 Å². The van der Waals surface area contributed by atoms with Crippen LogP contribution >= 0.6 is 0 Å². The second kappa shape index (κ2) is 7.29. The highest BCUT2D eigenvalue weighted by Crippen LogP contribution is 2.21. The number of aliphatic hydroxyl groups is 1. The Morgan fingerprint density at radius 1 is 1.04 bits per heavy atom. The molecule has 3 aromatic rings. The topological polar surface area (TPSA) is 47.3 Å². The van der Waals surface area contributed by atoms with Crippen molar-refractivity contribution in [2.45, 2.75) is 32.4 Å². The number of aliphatic hydroxyl groups excluding tert-OH is 1. The average Bonchev–Trinajstić information content (AvgIpc) is 2.95. The quantitative estimate of drug-likeness (QED) is 0.672. The van der Waals surface area contributed by atoms with Gasteiger partial charge in [0, 0.05) is 6.54 Å². The maximum absolute atomic E-state index is 9.95. The van der Waals surface area contributed by atoms with E-state index in [2.05, 4.69) is 15.6 Å². The van der Waals surface area contributed by atoms with Gasteiger partial charge in [-0.25, -0.2) is 4.98 Å². The number of imidazole rings is 1. The van der Waals surface area contributed by atoms with Gasteiger partial charge in [-0.15, -0.1) is 0 Å². The summed E-state index contributed by atoms with van der Waals surface area (Å²) >= 11 is 0. The summed E-state index contributed by atoms with van der Waals surface area (Å²) < 4.78 is 7.83. The number of aromatic nitrogens is 2. The summed E-state index contributed by atoms with van der Waals surface area (Å²) in [4.78, 5) is 4.54. The molecule has 4 nitrogen and oxygen atoms in total. The minimum atomic E-state index is -0.567. The first kappa shape index (κ1) is 15.6. The molecule has 0 aliphatic heterocycles.